The molecule has 1 aliphatic heterocycles. The van der Waals surface area contributed by atoms with Gasteiger partial charge in [0, 0.05) is 24.0 Å². The highest BCUT2D eigenvalue weighted by atomic mass is 16.5. The van der Waals surface area contributed by atoms with Gasteiger partial charge in [0.1, 0.15) is 0 Å². The van der Waals surface area contributed by atoms with Gasteiger partial charge in [0.25, 0.3) is 5.91 Å². The Morgan fingerprint density at radius 1 is 1.04 bits per heavy atom. The number of aromatic nitrogens is 1. The fraction of sp³-hybridized carbons (Fsp3) is 0.286. The van der Waals surface area contributed by atoms with Crippen molar-refractivity contribution in [2.24, 2.45) is 0 Å². The fourth-order valence-corrected chi connectivity index (χ4v) is 3.41. The van der Waals surface area contributed by atoms with E-state index in [1.165, 1.54) is 12.8 Å². The zero-order valence-electron chi connectivity index (χ0n) is 15.0. The van der Waals surface area contributed by atoms with Crippen LogP contribution in [-0.2, 0) is 4.79 Å². The Morgan fingerprint density at radius 2 is 1.78 bits per heavy atom. The van der Waals surface area contributed by atoms with Gasteiger partial charge in [0.05, 0.1) is 6.20 Å². The predicted octanol–water partition coefficient (Wildman–Crippen LogP) is 2.89. The van der Waals surface area contributed by atoms with Crippen LogP contribution in [0.1, 0.15) is 23.2 Å². The quantitative estimate of drug-likeness (QED) is 0.538. The minimum absolute atomic E-state index is 0.392. The third-order valence-electron chi connectivity index (χ3n) is 4.95. The summed E-state index contributed by atoms with van der Waals surface area (Å²) in [5, 5.41) is 7.42. The summed E-state index contributed by atoms with van der Waals surface area (Å²) in [7, 11) is 0. The second-order valence-electron chi connectivity index (χ2n) is 6.79. The van der Waals surface area contributed by atoms with Crippen LogP contribution in [0.25, 0.3) is 22.1 Å². The topological polar surface area (TPSA) is 75.4 Å². The lowest BCUT2D eigenvalue weighted by Crippen LogP contribution is -2.37. The maximum atomic E-state index is 12.3. The Balaban J connectivity index is 1.38. The number of carbonyl (C=O) groups excluding carboxylic acids is 2. The van der Waals surface area contributed by atoms with E-state index in [-0.39, 0.29) is 0 Å². The van der Waals surface area contributed by atoms with Crippen molar-refractivity contribution in [3.05, 3.63) is 54.2 Å². The van der Waals surface area contributed by atoms with E-state index in [0.29, 0.717) is 12.1 Å². The molecule has 0 atom stereocenters. The molecule has 0 spiro atoms. The van der Waals surface area contributed by atoms with Crippen molar-refractivity contribution in [1.82, 2.24) is 15.4 Å². The highest BCUT2D eigenvalue weighted by Gasteiger charge is 2.17. The Hall–Kier alpha value is -2.99. The first-order valence-electron chi connectivity index (χ1n) is 9.20. The molecule has 0 unspecified atom stereocenters. The number of amides is 1. The van der Waals surface area contributed by atoms with Crippen LogP contribution in [0.3, 0.4) is 0 Å². The first kappa shape index (κ1) is 17.4. The molecule has 138 valence electrons. The fourth-order valence-electron chi connectivity index (χ4n) is 3.41. The Labute approximate surface area is 157 Å². The smallest absolute Gasteiger partial charge is 0.292 e. The van der Waals surface area contributed by atoms with Gasteiger partial charge in [0.15, 0.2) is 5.58 Å². The van der Waals surface area contributed by atoms with E-state index in [1.54, 1.807) is 18.3 Å². The lowest BCUT2D eigenvalue weighted by Gasteiger charge is -2.14. The molecule has 6 heteroatoms. The number of hydrogen-bond donors (Lipinski definition) is 1. The van der Waals surface area contributed by atoms with Gasteiger partial charge in [-0.25, -0.2) is 0 Å². The molecule has 1 fully saturated rings. The van der Waals surface area contributed by atoms with Gasteiger partial charge in [-0.3, -0.25) is 9.59 Å². The third-order valence-corrected chi connectivity index (χ3v) is 4.95. The van der Waals surface area contributed by atoms with E-state index >= 15 is 0 Å². The van der Waals surface area contributed by atoms with Crippen LogP contribution in [0.4, 0.5) is 0 Å². The first-order chi connectivity index (χ1) is 13.2. The molecule has 6 nitrogen and oxygen atoms in total. The SMILES string of the molecule is O=C(NCCN1CCCC1)C(=O)c1ccc(-c2ccc3oncc3c2)cc1. The Bertz CT molecular complexity index is 956. The van der Waals surface area contributed by atoms with Gasteiger partial charge in [-0.05, 0) is 49.2 Å². The largest absolute Gasteiger partial charge is 0.356 e. The van der Waals surface area contributed by atoms with Crippen molar-refractivity contribution in [2.45, 2.75) is 12.8 Å². The summed E-state index contributed by atoms with van der Waals surface area (Å²) in [6, 6.07) is 12.9. The second kappa shape index (κ2) is 7.72. The summed E-state index contributed by atoms with van der Waals surface area (Å²) < 4.78 is 5.11. The lowest BCUT2D eigenvalue weighted by molar-refractivity contribution is -0.117. The standard InChI is InChI=1S/C21H21N3O3/c25-20(21(26)22-9-12-24-10-1-2-11-24)16-5-3-15(4-6-16)17-7-8-19-18(13-17)14-23-27-19/h3-8,13-14H,1-2,9-12H2,(H,22,26). The average molecular weight is 363 g/mol. The maximum absolute atomic E-state index is 12.3. The Kier molecular flexibility index (Phi) is 4.98. The van der Waals surface area contributed by atoms with Crippen molar-refractivity contribution < 1.29 is 14.1 Å². The molecule has 2 aromatic carbocycles. The summed E-state index contributed by atoms with van der Waals surface area (Å²) >= 11 is 0. The van der Waals surface area contributed by atoms with Crippen molar-refractivity contribution in [1.29, 1.82) is 0 Å². The number of fused-ring (bicyclic) bond motifs is 1. The maximum Gasteiger partial charge on any atom is 0.292 e. The molecule has 1 aliphatic rings. The number of Topliss-reactive ketones (excluding diaryl/α,β-unsaturated/α-hetero) is 1. The van der Waals surface area contributed by atoms with E-state index in [4.69, 9.17) is 4.52 Å². The minimum Gasteiger partial charge on any atom is -0.356 e. The van der Waals surface area contributed by atoms with Crippen LogP contribution in [0.15, 0.2) is 53.2 Å². The van der Waals surface area contributed by atoms with Gasteiger partial charge in [-0.1, -0.05) is 35.5 Å². The predicted molar refractivity (Wildman–Crippen MR) is 102 cm³/mol. The molecule has 2 heterocycles. The highest BCUT2D eigenvalue weighted by molar-refractivity contribution is 6.42. The summed E-state index contributed by atoms with van der Waals surface area (Å²) in [4.78, 5) is 26.7. The van der Waals surface area contributed by atoms with Crippen LogP contribution in [-0.4, -0.2) is 47.9 Å². The van der Waals surface area contributed by atoms with Gasteiger partial charge >= 0.3 is 0 Å². The number of nitrogens with zero attached hydrogens (tertiary/aromatic N) is 2. The number of likely N-dealkylation sites (tertiary alicyclic amines) is 1. The molecule has 3 aromatic rings. The summed E-state index contributed by atoms with van der Waals surface area (Å²) in [5.74, 6) is -1.05. The second-order valence-corrected chi connectivity index (χ2v) is 6.79. The van der Waals surface area contributed by atoms with E-state index < -0.39 is 11.7 Å². The lowest BCUT2D eigenvalue weighted by atomic mass is 10.0. The van der Waals surface area contributed by atoms with Gasteiger partial charge in [0.2, 0.25) is 5.78 Å². The van der Waals surface area contributed by atoms with Crippen molar-refractivity contribution in [3.63, 3.8) is 0 Å². The molecule has 0 bridgehead atoms. The normalized spacial score (nSPS) is 14.5. The molecule has 1 saturated heterocycles. The molecule has 1 N–H and O–H groups in total. The number of rotatable bonds is 6. The highest BCUT2D eigenvalue weighted by Crippen LogP contribution is 2.24. The van der Waals surface area contributed by atoms with E-state index in [2.05, 4.69) is 15.4 Å². The molecule has 27 heavy (non-hydrogen) atoms. The molecule has 0 aliphatic carbocycles. The van der Waals surface area contributed by atoms with Crippen LogP contribution in [0.5, 0.6) is 0 Å². The minimum atomic E-state index is -0.548. The average Bonchev–Trinajstić information content (AvgIpc) is 3.38. The number of benzene rings is 2. The number of ketones is 1. The van der Waals surface area contributed by atoms with Crippen LogP contribution in [0, 0.1) is 0 Å². The van der Waals surface area contributed by atoms with Crippen molar-refractivity contribution >= 4 is 22.7 Å². The molecule has 1 aromatic heterocycles. The van der Waals surface area contributed by atoms with Gasteiger partial charge < -0.3 is 14.7 Å². The summed E-state index contributed by atoms with van der Waals surface area (Å²) in [5.41, 5.74) is 3.09. The van der Waals surface area contributed by atoms with Gasteiger partial charge in [-0.2, -0.15) is 0 Å². The molecule has 0 saturated carbocycles. The third kappa shape index (κ3) is 3.90. The van der Waals surface area contributed by atoms with Crippen LogP contribution in [0.2, 0.25) is 0 Å². The number of carbonyl (C=O) groups is 2. The molecule has 0 radical (unpaired) electrons. The number of hydrogen-bond acceptors (Lipinski definition) is 5. The number of nitrogens with one attached hydrogen (secondary N) is 1. The summed E-state index contributed by atoms with van der Waals surface area (Å²) in [6.45, 7) is 3.45. The van der Waals surface area contributed by atoms with E-state index in [9.17, 15) is 9.59 Å². The van der Waals surface area contributed by atoms with Gasteiger partial charge in [-0.15, -0.1) is 0 Å². The van der Waals surface area contributed by atoms with Crippen molar-refractivity contribution in [2.75, 3.05) is 26.2 Å². The monoisotopic (exact) mass is 363 g/mol. The summed E-state index contributed by atoms with van der Waals surface area (Å²) in [6.07, 6.45) is 4.09. The molecule has 1 amide bonds. The van der Waals surface area contributed by atoms with Crippen LogP contribution >= 0.6 is 0 Å². The van der Waals surface area contributed by atoms with Crippen LogP contribution < -0.4 is 5.32 Å². The first-order valence-corrected chi connectivity index (χ1v) is 9.20. The Morgan fingerprint density at radius 3 is 2.56 bits per heavy atom. The van der Waals surface area contributed by atoms with Crippen molar-refractivity contribution in [3.8, 4) is 11.1 Å². The zero-order valence-corrected chi connectivity index (χ0v) is 15.0. The zero-order chi connectivity index (χ0) is 18.6. The van der Waals surface area contributed by atoms with E-state index in [0.717, 1.165) is 41.7 Å². The van der Waals surface area contributed by atoms with E-state index in [1.807, 2.05) is 30.3 Å². The molecular formula is C21H21N3O3. The molecular weight excluding hydrogens is 342 g/mol. The molecule has 4 rings (SSSR count).